The molecule has 6 aliphatic carbocycles. The van der Waals surface area contributed by atoms with Crippen LogP contribution in [0, 0.1) is 76.9 Å². The SMILES string of the molecule is CC(C)C1=C(C(C)C)CC=C1.CC(C)C1=C(C(C)C)CC=C1.CC(C)C1=CC=C(C(C)C)C1.CC(C)C1=CCC(C(C)C)=C1.CC(C)C1=CCC(C(C)C)=C1.CC(C)C1=CCC=C1C(C)C.CC(C)C1=[N+](C(C)C)C=CC1.CC(C)c1cccn1C(C)C.CC(C)c1ccn(C(C)C)c1.CC(C)c1ccn(C(C)C)c1. The molecule has 0 saturated heterocycles. The van der Waals surface area contributed by atoms with E-state index in [2.05, 4.69) is 436 Å². The summed E-state index contributed by atoms with van der Waals surface area (Å²) in [4.78, 5) is 0. The van der Waals surface area contributed by atoms with Gasteiger partial charge in [-0.05, 0) is 258 Å². The van der Waals surface area contributed by atoms with Crippen molar-refractivity contribution in [3.63, 3.8) is 0 Å². The molecule has 0 atom stereocenters. The first kappa shape index (κ1) is 102. The first-order valence-corrected chi connectivity index (χ1v) is 44.4. The van der Waals surface area contributed by atoms with Gasteiger partial charge in [-0.1, -0.05) is 328 Å². The fourth-order valence-electron chi connectivity index (χ4n) is 14.2. The molecule has 3 aromatic rings. The maximum Gasteiger partial charge on any atom is 0.165 e. The van der Waals surface area contributed by atoms with E-state index in [4.69, 9.17) is 0 Å². The second kappa shape index (κ2) is 51.8. The molecule has 0 bridgehead atoms. The summed E-state index contributed by atoms with van der Waals surface area (Å²) >= 11 is 0. The highest BCUT2D eigenvalue weighted by molar-refractivity contribution is 5.84. The number of aromatic nitrogens is 3. The average molecular weight is 1510 g/mol. The number of rotatable bonds is 20. The Kier molecular flexibility index (Phi) is 48.1. The summed E-state index contributed by atoms with van der Waals surface area (Å²) in [6, 6.07) is 11.1. The number of allylic oxidation sites excluding steroid dienone is 25. The van der Waals surface area contributed by atoms with Gasteiger partial charge >= 0.3 is 0 Å². The van der Waals surface area contributed by atoms with Gasteiger partial charge in [0.1, 0.15) is 0 Å². The van der Waals surface area contributed by atoms with Gasteiger partial charge in [0.25, 0.3) is 0 Å². The highest BCUT2D eigenvalue weighted by Gasteiger charge is 2.24. The first-order valence-electron chi connectivity index (χ1n) is 44.4. The lowest BCUT2D eigenvalue weighted by Crippen LogP contribution is -2.23. The van der Waals surface area contributed by atoms with Gasteiger partial charge in [-0.25, -0.2) is 4.58 Å². The van der Waals surface area contributed by atoms with E-state index in [1.807, 2.05) is 0 Å². The molecular weight excluding hydrogens is 1330 g/mol. The van der Waals surface area contributed by atoms with Crippen LogP contribution in [0.1, 0.15) is 375 Å². The van der Waals surface area contributed by atoms with E-state index in [1.165, 1.54) is 60.1 Å². The molecule has 0 N–H and O–H groups in total. The van der Waals surface area contributed by atoms with E-state index in [9.17, 15) is 0 Å². The van der Waals surface area contributed by atoms with Crippen molar-refractivity contribution in [2.75, 3.05) is 0 Å². The molecular formula is C106H177N4+. The van der Waals surface area contributed by atoms with E-state index in [0.29, 0.717) is 83.3 Å². The molecule has 0 fully saturated rings. The zero-order valence-electron chi connectivity index (χ0n) is 79.6. The summed E-state index contributed by atoms with van der Waals surface area (Å²) in [5, 5.41) is 0. The van der Waals surface area contributed by atoms with Crippen LogP contribution >= 0.6 is 0 Å². The smallest absolute Gasteiger partial charge is 0.165 e. The van der Waals surface area contributed by atoms with Gasteiger partial charge in [0.15, 0.2) is 18.0 Å². The zero-order valence-corrected chi connectivity index (χ0v) is 79.6. The van der Waals surface area contributed by atoms with Gasteiger partial charge in [-0.3, -0.25) is 0 Å². The highest BCUT2D eigenvalue weighted by atomic mass is 15.0. The van der Waals surface area contributed by atoms with Crippen molar-refractivity contribution in [1.29, 1.82) is 0 Å². The van der Waals surface area contributed by atoms with Crippen LogP contribution in [0.4, 0.5) is 0 Å². The molecule has 0 spiro atoms. The predicted molar refractivity (Wildman–Crippen MR) is 498 cm³/mol. The van der Waals surface area contributed by atoms with Crippen molar-refractivity contribution in [1.82, 2.24) is 13.7 Å². The Labute approximate surface area is 684 Å². The van der Waals surface area contributed by atoms with Crippen molar-refractivity contribution >= 4 is 5.71 Å². The minimum absolute atomic E-state index is 0.586. The predicted octanol–water partition coefficient (Wildman–Crippen LogP) is 33.3. The van der Waals surface area contributed by atoms with Crippen LogP contribution in [-0.4, -0.2) is 30.0 Å². The lowest BCUT2D eigenvalue weighted by molar-refractivity contribution is -0.491. The van der Waals surface area contributed by atoms with Crippen molar-refractivity contribution in [3.8, 4) is 0 Å². The van der Waals surface area contributed by atoms with E-state index >= 15 is 0 Å². The molecule has 10 rings (SSSR count). The zero-order chi connectivity index (χ0) is 84.3. The summed E-state index contributed by atoms with van der Waals surface area (Å²) in [6.07, 6.45) is 51.6. The fourth-order valence-corrected chi connectivity index (χ4v) is 14.2. The van der Waals surface area contributed by atoms with Crippen molar-refractivity contribution in [3.05, 3.63) is 224 Å². The second-order valence-electron chi connectivity index (χ2n) is 38.1. The standard InChI is InChI=1S/6C11H18.2C10H17N.C10H18N.C10H17N/c3*1-8(2)10-5-6-11(7-10)9(3)4;3*1-8(2)10-6-5-7-11(10)9(3)4;2*1-8(2)10-5-6-11(7-10)9(3)4;2*1-8(2)10-6-5-7-11(10)9(3)4/h2*5,7-9H,6H2,1-4H3;5-6,8-9H,7H2,1-4H3;6-9H,5H2,1-4H3;2*5-6,8-9H,7H2,1-4H3;2*5-9H,1-4H3;5,7-9H,6H2,1-4H3;5-9H,1-4H3/q;;;;;;;;+1;. The molecule has 1 aliphatic heterocycles. The third-order valence-corrected chi connectivity index (χ3v) is 22.1. The third kappa shape index (κ3) is 36.5. The normalized spacial score (nSPS) is 15.8. The minimum Gasteiger partial charge on any atom is -0.352 e. The van der Waals surface area contributed by atoms with Crippen molar-refractivity contribution in [2.24, 2.45) is 76.9 Å². The lowest BCUT2D eigenvalue weighted by atomic mass is 9.91. The van der Waals surface area contributed by atoms with Crippen LogP contribution in [0.5, 0.6) is 0 Å². The summed E-state index contributed by atoms with van der Waals surface area (Å²) < 4.78 is 9.19. The fraction of sp³-hybridized carbons (Fsp3) is 0.632. The molecule has 4 heterocycles. The Hall–Kier alpha value is -5.87. The molecule has 0 saturated carbocycles. The van der Waals surface area contributed by atoms with E-state index < -0.39 is 0 Å². The third-order valence-electron chi connectivity index (χ3n) is 22.1. The molecule has 0 amide bonds. The molecule has 0 radical (unpaired) electrons. The highest BCUT2D eigenvalue weighted by Crippen LogP contribution is 2.35. The molecule has 0 unspecified atom stereocenters. The number of nitrogens with zero attached hydrogens (tertiary/aromatic N) is 4. The van der Waals surface area contributed by atoms with Gasteiger partial charge < -0.3 is 13.7 Å². The van der Waals surface area contributed by atoms with Crippen LogP contribution in [0.15, 0.2) is 207 Å². The number of hydrogen-bond acceptors (Lipinski definition) is 0. The lowest BCUT2D eigenvalue weighted by Gasteiger charge is -2.14. The maximum absolute atomic E-state index is 2.38. The Morgan fingerprint density at radius 1 is 0.318 bits per heavy atom. The van der Waals surface area contributed by atoms with Gasteiger partial charge in [0.2, 0.25) is 0 Å². The topological polar surface area (TPSA) is 17.8 Å². The molecule has 4 nitrogen and oxygen atoms in total. The van der Waals surface area contributed by atoms with Gasteiger partial charge in [-0.15, -0.1) is 0 Å². The molecule has 620 valence electrons. The van der Waals surface area contributed by atoms with Gasteiger partial charge in [-0.2, -0.15) is 0 Å². The Balaban J connectivity index is 0.000000611. The first-order chi connectivity index (χ1) is 51.2. The van der Waals surface area contributed by atoms with Crippen molar-refractivity contribution < 1.29 is 4.58 Å². The summed E-state index contributed by atoms with van der Waals surface area (Å²) in [5.41, 5.74) is 24.8. The van der Waals surface area contributed by atoms with Crippen LogP contribution < -0.4 is 0 Å². The van der Waals surface area contributed by atoms with E-state index in [1.54, 1.807) is 61.4 Å². The Morgan fingerprint density at radius 2 is 0.700 bits per heavy atom. The quantitative estimate of drug-likeness (QED) is 0.100. The van der Waals surface area contributed by atoms with Crippen LogP contribution in [0.3, 0.4) is 0 Å². The minimum atomic E-state index is 0.586. The largest absolute Gasteiger partial charge is 0.352 e. The molecule has 110 heavy (non-hydrogen) atoms. The average Bonchev–Trinajstić information content (AvgIpc) is 1.72. The molecule has 7 aliphatic rings. The summed E-state index contributed by atoms with van der Waals surface area (Å²) in [6.45, 7) is 90.0. The Bertz CT molecular complexity index is 3270. The molecule has 4 heteroatoms. The van der Waals surface area contributed by atoms with Crippen LogP contribution in [0.2, 0.25) is 0 Å². The second-order valence-corrected chi connectivity index (χ2v) is 38.1. The van der Waals surface area contributed by atoms with E-state index in [0.717, 1.165) is 48.3 Å². The summed E-state index contributed by atoms with van der Waals surface area (Å²) in [5.74, 6) is 11.2. The van der Waals surface area contributed by atoms with Crippen molar-refractivity contribution in [2.45, 2.75) is 364 Å². The van der Waals surface area contributed by atoms with Crippen LogP contribution in [-0.2, 0) is 0 Å². The molecule has 3 aromatic heterocycles. The Morgan fingerprint density at radius 3 is 0.909 bits per heavy atom. The van der Waals surface area contributed by atoms with E-state index in [-0.39, 0.29) is 0 Å². The van der Waals surface area contributed by atoms with Crippen LogP contribution in [0.25, 0.3) is 0 Å². The maximum atomic E-state index is 2.38. The summed E-state index contributed by atoms with van der Waals surface area (Å²) in [7, 11) is 0. The van der Waals surface area contributed by atoms with Gasteiger partial charge in [0.05, 0.1) is 6.42 Å². The van der Waals surface area contributed by atoms with Gasteiger partial charge in [0, 0.05) is 60.7 Å². The number of hydrogen-bond donors (Lipinski definition) is 0. The monoisotopic (exact) mass is 1510 g/mol. The molecule has 0 aromatic carbocycles.